The van der Waals surface area contributed by atoms with Gasteiger partial charge in [-0.2, -0.15) is 0 Å². The molecule has 1 aliphatic rings. The molecule has 1 aromatic heterocycles. The first-order valence-corrected chi connectivity index (χ1v) is 4.12. The van der Waals surface area contributed by atoms with Crippen molar-refractivity contribution >= 4 is 20.0 Å². The molecule has 2 heterocycles. The van der Waals surface area contributed by atoms with Gasteiger partial charge in [0, 0.05) is 17.5 Å². The van der Waals surface area contributed by atoms with Gasteiger partial charge in [0.15, 0.2) is 0 Å². The molecular weight excluding hydrogens is 129 g/mol. The van der Waals surface area contributed by atoms with E-state index in [2.05, 4.69) is 29.3 Å². The van der Waals surface area contributed by atoms with Crippen molar-refractivity contribution < 1.29 is 0 Å². The van der Waals surface area contributed by atoms with E-state index in [1.165, 1.54) is 11.0 Å². The Labute approximate surface area is 55.9 Å². The van der Waals surface area contributed by atoms with E-state index in [4.69, 9.17) is 0 Å². The lowest BCUT2D eigenvalue weighted by Gasteiger charge is -2.06. The number of anilines is 1. The Hall–Kier alpha value is -0.680. The van der Waals surface area contributed by atoms with Gasteiger partial charge >= 0.3 is 0 Å². The van der Waals surface area contributed by atoms with E-state index in [-0.39, 0.29) is 0 Å². The number of hydrogen-bond acceptors (Lipinski definition) is 1. The maximum atomic E-state index is 3.29. The summed E-state index contributed by atoms with van der Waals surface area (Å²) in [6, 6.07) is 2.16. The predicted octanol–water partition coefficient (Wildman–Crippen LogP) is 2.16. The minimum Gasteiger partial charge on any atom is -0.381 e. The lowest BCUT2D eigenvalue weighted by molar-refractivity contribution is 1.33. The highest BCUT2D eigenvalue weighted by Gasteiger charge is 2.00. The summed E-state index contributed by atoms with van der Waals surface area (Å²) in [5.41, 5.74) is 1.33. The van der Waals surface area contributed by atoms with Crippen molar-refractivity contribution in [3.05, 3.63) is 23.2 Å². The monoisotopic (exact) mass is 137 g/mol. The zero-order chi connectivity index (χ0) is 6.10. The zero-order valence-electron chi connectivity index (χ0n) is 5.02. The second-order valence-electron chi connectivity index (χ2n) is 2.09. The largest absolute Gasteiger partial charge is 0.381 e. The molecule has 1 aliphatic heterocycles. The van der Waals surface area contributed by atoms with Crippen LogP contribution in [-0.2, 0) is 0 Å². The van der Waals surface area contributed by atoms with Crippen LogP contribution >= 0.6 is 8.19 Å². The molecule has 0 saturated heterocycles. The van der Waals surface area contributed by atoms with E-state index in [1.807, 2.05) is 0 Å². The van der Waals surface area contributed by atoms with Crippen LogP contribution in [0.4, 0.5) is 5.69 Å². The highest BCUT2D eigenvalue weighted by atomic mass is 31.0. The molecule has 1 nitrogen and oxygen atoms in total. The van der Waals surface area contributed by atoms with Crippen molar-refractivity contribution in [2.75, 3.05) is 11.9 Å². The molecule has 46 valence electrons. The van der Waals surface area contributed by atoms with Gasteiger partial charge in [0.1, 0.15) is 0 Å². The molecule has 0 saturated carbocycles. The topological polar surface area (TPSA) is 12.0 Å². The second-order valence-corrected chi connectivity index (χ2v) is 3.25. The van der Waals surface area contributed by atoms with Crippen molar-refractivity contribution in [1.82, 2.24) is 0 Å². The summed E-state index contributed by atoms with van der Waals surface area (Å²) in [6.07, 6.45) is 4.38. The third kappa shape index (κ3) is 0.778. The van der Waals surface area contributed by atoms with Gasteiger partial charge in [-0.15, -0.1) is 8.19 Å². The van der Waals surface area contributed by atoms with Crippen LogP contribution < -0.4 is 5.32 Å². The van der Waals surface area contributed by atoms with Gasteiger partial charge in [-0.1, -0.05) is 12.2 Å². The highest BCUT2D eigenvalue weighted by Crippen LogP contribution is 2.29. The first kappa shape index (κ1) is 5.13. The molecule has 1 atom stereocenters. The quantitative estimate of drug-likeness (QED) is 0.577. The van der Waals surface area contributed by atoms with E-state index in [9.17, 15) is 0 Å². The Morgan fingerprint density at radius 1 is 1.56 bits per heavy atom. The van der Waals surface area contributed by atoms with Crippen LogP contribution in [0.25, 0.3) is 6.08 Å². The number of rotatable bonds is 0. The summed E-state index contributed by atoms with van der Waals surface area (Å²) >= 11 is 0. The van der Waals surface area contributed by atoms with E-state index in [0.29, 0.717) is 0 Å². The van der Waals surface area contributed by atoms with Gasteiger partial charge in [-0.3, -0.25) is 0 Å². The van der Waals surface area contributed by atoms with Gasteiger partial charge < -0.3 is 5.32 Å². The van der Waals surface area contributed by atoms with Gasteiger partial charge in [-0.05, 0) is 11.9 Å². The number of hydrogen-bond donors (Lipinski definition) is 1. The molecule has 2 rings (SSSR count). The number of fused-ring (bicyclic) bond motifs is 1. The van der Waals surface area contributed by atoms with Crippen molar-refractivity contribution in [1.29, 1.82) is 0 Å². The molecule has 2 heteroatoms. The van der Waals surface area contributed by atoms with Gasteiger partial charge in [-0.25, -0.2) is 0 Å². The molecule has 1 aromatic rings. The fraction of sp³-hybridized carbons (Fsp3) is 0.143. The van der Waals surface area contributed by atoms with Crippen LogP contribution in [-0.4, -0.2) is 6.54 Å². The summed E-state index contributed by atoms with van der Waals surface area (Å²) in [7, 11) is 0.888. The first-order chi connectivity index (χ1) is 4.47. The zero-order valence-corrected chi connectivity index (χ0v) is 6.02. The van der Waals surface area contributed by atoms with Crippen LogP contribution in [0.1, 0.15) is 5.30 Å². The second kappa shape index (κ2) is 1.93. The van der Waals surface area contributed by atoms with Crippen LogP contribution in [0.5, 0.6) is 0 Å². The van der Waals surface area contributed by atoms with Crippen LogP contribution in [0.15, 0.2) is 17.9 Å². The molecular formula is C7H8NP. The van der Waals surface area contributed by atoms with Gasteiger partial charge in [0.2, 0.25) is 0 Å². The minimum atomic E-state index is 0.888. The van der Waals surface area contributed by atoms with E-state index in [1.54, 1.807) is 0 Å². The maximum absolute atomic E-state index is 3.29. The SMILES string of the molecule is C1=Cc2[pH]ccc2NC1. The molecule has 0 spiro atoms. The smallest absolute Gasteiger partial charge is 0.0457 e. The van der Waals surface area contributed by atoms with Crippen LogP contribution in [0.2, 0.25) is 0 Å². The Kier molecular flexibility index (Phi) is 1.10. The standard InChI is InChI=1S/C7H8NP/c1-2-7-6(8-4-1)3-5-9-7/h1-3,5,8-9H,4H2. The van der Waals surface area contributed by atoms with Gasteiger partial charge in [0.05, 0.1) is 0 Å². The number of nitrogens with one attached hydrogen (secondary N) is 1. The molecule has 0 bridgehead atoms. The average molecular weight is 137 g/mol. The van der Waals surface area contributed by atoms with Crippen LogP contribution in [0, 0.1) is 0 Å². The summed E-state index contributed by atoms with van der Waals surface area (Å²) in [6.45, 7) is 0.994. The molecule has 0 radical (unpaired) electrons. The summed E-state index contributed by atoms with van der Waals surface area (Å²) in [5.74, 6) is 2.22. The Balaban J connectivity index is 2.53. The van der Waals surface area contributed by atoms with Crippen molar-refractivity contribution in [2.24, 2.45) is 0 Å². The lowest BCUT2D eigenvalue weighted by atomic mass is 10.3. The molecule has 0 aromatic carbocycles. The maximum Gasteiger partial charge on any atom is 0.0457 e. The van der Waals surface area contributed by atoms with E-state index >= 15 is 0 Å². The fourth-order valence-electron chi connectivity index (χ4n) is 1.02. The first-order valence-electron chi connectivity index (χ1n) is 3.04. The summed E-state index contributed by atoms with van der Waals surface area (Å²) < 4.78 is 0. The normalized spacial score (nSPS) is 15.6. The molecule has 1 N–H and O–H groups in total. The predicted molar refractivity (Wildman–Crippen MR) is 43.5 cm³/mol. The molecule has 0 amide bonds. The minimum absolute atomic E-state index is 0.888. The summed E-state index contributed by atoms with van der Waals surface area (Å²) in [4.78, 5) is 0. The van der Waals surface area contributed by atoms with Crippen molar-refractivity contribution in [3.63, 3.8) is 0 Å². The Bertz CT molecular complexity index is 237. The third-order valence-corrected chi connectivity index (χ3v) is 2.55. The lowest BCUT2D eigenvalue weighted by Crippen LogP contribution is -2.00. The molecule has 0 fully saturated rings. The highest BCUT2D eigenvalue weighted by molar-refractivity contribution is 7.31. The Morgan fingerprint density at radius 3 is 3.44 bits per heavy atom. The van der Waals surface area contributed by atoms with Crippen LogP contribution in [0.3, 0.4) is 0 Å². The van der Waals surface area contributed by atoms with Crippen molar-refractivity contribution in [2.45, 2.75) is 0 Å². The molecule has 9 heavy (non-hydrogen) atoms. The fourth-order valence-corrected chi connectivity index (χ4v) is 1.99. The average Bonchev–Trinajstić information content (AvgIpc) is 2.33. The third-order valence-electron chi connectivity index (χ3n) is 1.47. The molecule has 1 unspecified atom stereocenters. The van der Waals surface area contributed by atoms with Crippen molar-refractivity contribution in [3.8, 4) is 0 Å². The summed E-state index contributed by atoms with van der Waals surface area (Å²) in [5, 5.41) is 4.75. The van der Waals surface area contributed by atoms with E-state index < -0.39 is 0 Å². The van der Waals surface area contributed by atoms with Gasteiger partial charge in [0.25, 0.3) is 0 Å². The Morgan fingerprint density at radius 2 is 2.56 bits per heavy atom. The van der Waals surface area contributed by atoms with E-state index in [0.717, 1.165) is 14.7 Å². The molecule has 0 aliphatic carbocycles.